The molecule has 0 heterocycles. The van der Waals surface area contributed by atoms with Crippen molar-refractivity contribution in [2.24, 2.45) is 0 Å². The largest absolute Gasteiger partial charge is 0.465 e. The van der Waals surface area contributed by atoms with E-state index in [4.69, 9.17) is 4.74 Å². The van der Waals surface area contributed by atoms with E-state index in [0.29, 0.717) is 5.69 Å². The molecule has 0 saturated carbocycles. The van der Waals surface area contributed by atoms with Crippen LogP contribution in [0.5, 0.6) is 0 Å². The zero-order valence-corrected chi connectivity index (χ0v) is 15.8. The Morgan fingerprint density at radius 1 is 1.04 bits per heavy atom. The van der Waals surface area contributed by atoms with Gasteiger partial charge in [0.05, 0.1) is 18.4 Å². The van der Waals surface area contributed by atoms with E-state index in [0.717, 1.165) is 17.7 Å². The minimum atomic E-state index is -0.529. The molecule has 0 spiro atoms. The van der Waals surface area contributed by atoms with Crippen LogP contribution in [0.2, 0.25) is 0 Å². The first-order chi connectivity index (χ1) is 13.0. The lowest BCUT2D eigenvalue weighted by Gasteiger charge is -2.23. The van der Waals surface area contributed by atoms with Crippen molar-refractivity contribution in [2.45, 2.75) is 26.7 Å². The molecule has 0 atom stereocenters. The van der Waals surface area contributed by atoms with Crippen molar-refractivity contribution in [1.29, 1.82) is 0 Å². The fraction of sp³-hybridized carbons (Fsp3) is 0.286. The number of rotatable bonds is 7. The van der Waals surface area contributed by atoms with Crippen molar-refractivity contribution in [2.75, 3.05) is 23.9 Å². The third kappa shape index (κ3) is 5.17. The first kappa shape index (κ1) is 20.2. The second kappa shape index (κ2) is 9.52. The smallest absolute Gasteiger partial charge is 0.339 e. The minimum Gasteiger partial charge on any atom is -0.465 e. The summed E-state index contributed by atoms with van der Waals surface area (Å²) in [7, 11) is 1.29. The van der Waals surface area contributed by atoms with Gasteiger partial charge in [-0.05, 0) is 30.2 Å². The summed E-state index contributed by atoms with van der Waals surface area (Å²) in [6.07, 6.45) is 0.912. The minimum absolute atomic E-state index is 0.104. The lowest BCUT2D eigenvalue weighted by molar-refractivity contribution is -0.117. The molecule has 0 unspecified atom stereocenters. The summed E-state index contributed by atoms with van der Waals surface area (Å²) < 4.78 is 4.78. The number of nitrogens with zero attached hydrogens (tertiary/aromatic N) is 1. The van der Waals surface area contributed by atoms with Gasteiger partial charge in [0.15, 0.2) is 0 Å². The molecule has 2 aromatic carbocycles. The number of ether oxygens (including phenoxy) is 1. The first-order valence-electron chi connectivity index (χ1n) is 8.81. The highest BCUT2D eigenvalue weighted by atomic mass is 16.5. The maximum Gasteiger partial charge on any atom is 0.339 e. The zero-order chi connectivity index (χ0) is 19.8. The van der Waals surface area contributed by atoms with Gasteiger partial charge in [-0.3, -0.25) is 9.59 Å². The van der Waals surface area contributed by atoms with Gasteiger partial charge >= 0.3 is 5.97 Å². The highest BCUT2D eigenvalue weighted by Crippen LogP contribution is 2.22. The van der Waals surface area contributed by atoms with Gasteiger partial charge in [-0.15, -0.1) is 0 Å². The molecule has 27 heavy (non-hydrogen) atoms. The number of hydrogen-bond acceptors (Lipinski definition) is 4. The third-order valence-corrected chi connectivity index (χ3v) is 4.22. The van der Waals surface area contributed by atoms with E-state index in [9.17, 15) is 14.4 Å². The fourth-order valence-electron chi connectivity index (χ4n) is 2.82. The Kier molecular flexibility index (Phi) is 7.11. The molecule has 142 valence electrons. The maximum atomic E-state index is 12.4. The average Bonchev–Trinajstić information content (AvgIpc) is 2.68. The number of amides is 2. The summed E-state index contributed by atoms with van der Waals surface area (Å²) in [4.78, 5) is 37.9. The van der Waals surface area contributed by atoms with Crippen molar-refractivity contribution in [3.8, 4) is 0 Å². The molecule has 0 radical (unpaired) electrons. The Bertz CT molecular complexity index is 832. The van der Waals surface area contributed by atoms with Crippen LogP contribution in [0.4, 0.5) is 11.4 Å². The van der Waals surface area contributed by atoms with E-state index in [2.05, 4.69) is 5.32 Å². The number of carbonyl (C=O) groups excluding carboxylic acids is 3. The number of carbonyl (C=O) groups is 3. The monoisotopic (exact) mass is 368 g/mol. The van der Waals surface area contributed by atoms with Crippen molar-refractivity contribution >= 4 is 29.2 Å². The van der Waals surface area contributed by atoms with Crippen molar-refractivity contribution in [3.05, 3.63) is 59.7 Å². The second-order valence-corrected chi connectivity index (χ2v) is 5.99. The van der Waals surface area contributed by atoms with E-state index >= 15 is 0 Å². The SMILES string of the molecule is CCc1ccccc1NC(=O)CCN(C(C)=O)c1ccccc1C(=O)OC. The highest BCUT2D eigenvalue weighted by molar-refractivity contribution is 6.02. The number of nitrogens with one attached hydrogen (secondary N) is 1. The summed E-state index contributed by atoms with van der Waals surface area (Å²) in [5.74, 6) is -0.982. The predicted octanol–water partition coefficient (Wildman–Crippen LogP) is 3.42. The van der Waals surface area contributed by atoms with E-state index in [1.165, 1.54) is 18.9 Å². The number of benzene rings is 2. The predicted molar refractivity (Wildman–Crippen MR) is 105 cm³/mol. The molecule has 0 aliphatic carbocycles. The normalized spacial score (nSPS) is 10.2. The molecule has 0 bridgehead atoms. The molecule has 2 aromatic rings. The molecule has 2 rings (SSSR count). The van der Waals surface area contributed by atoms with E-state index < -0.39 is 5.97 Å². The van der Waals surface area contributed by atoms with Gasteiger partial charge in [0.25, 0.3) is 0 Å². The maximum absolute atomic E-state index is 12.4. The van der Waals surface area contributed by atoms with E-state index in [1.807, 2.05) is 31.2 Å². The molecule has 0 saturated heterocycles. The summed E-state index contributed by atoms with van der Waals surface area (Å²) in [5.41, 5.74) is 2.53. The lowest BCUT2D eigenvalue weighted by atomic mass is 10.1. The summed E-state index contributed by atoms with van der Waals surface area (Å²) in [6, 6.07) is 14.3. The quantitative estimate of drug-likeness (QED) is 0.760. The molecule has 6 heteroatoms. The summed E-state index contributed by atoms with van der Waals surface area (Å²) in [6.45, 7) is 3.58. The molecule has 6 nitrogen and oxygen atoms in total. The third-order valence-electron chi connectivity index (χ3n) is 4.22. The Balaban J connectivity index is 2.13. The van der Waals surface area contributed by atoms with Gasteiger partial charge < -0.3 is 15.0 Å². The molecule has 0 aliphatic heterocycles. The molecule has 0 fully saturated rings. The Labute approximate surface area is 159 Å². The second-order valence-electron chi connectivity index (χ2n) is 5.99. The van der Waals surface area contributed by atoms with Crippen LogP contribution in [0.25, 0.3) is 0 Å². The number of para-hydroxylation sites is 2. The van der Waals surface area contributed by atoms with Crippen LogP contribution in [0.1, 0.15) is 36.2 Å². The van der Waals surface area contributed by atoms with E-state index in [-0.39, 0.29) is 30.3 Å². The first-order valence-corrected chi connectivity index (χ1v) is 8.81. The topological polar surface area (TPSA) is 75.7 Å². The molecular formula is C21H24N2O4. The number of anilines is 2. The van der Waals surface area contributed by atoms with Crippen LogP contribution in [0, 0.1) is 0 Å². The van der Waals surface area contributed by atoms with Crippen LogP contribution >= 0.6 is 0 Å². The van der Waals surface area contributed by atoms with E-state index in [1.54, 1.807) is 24.3 Å². The summed E-state index contributed by atoms with van der Waals surface area (Å²) in [5, 5.41) is 2.89. The molecule has 0 aromatic heterocycles. The Morgan fingerprint density at radius 2 is 1.70 bits per heavy atom. The molecule has 0 aliphatic rings. The van der Waals surface area contributed by atoms with Crippen molar-refractivity contribution < 1.29 is 19.1 Å². The molecular weight excluding hydrogens is 344 g/mol. The van der Waals surface area contributed by atoms with Gasteiger partial charge in [0, 0.05) is 25.6 Å². The standard InChI is InChI=1S/C21H24N2O4/c1-4-16-9-5-7-11-18(16)22-20(25)13-14-23(15(2)24)19-12-8-6-10-17(19)21(26)27-3/h5-12H,4,13-14H2,1-3H3,(H,22,25). The average molecular weight is 368 g/mol. The van der Waals surface area contributed by atoms with Crippen LogP contribution < -0.4 is 10.2 Å². The molecule has 1 N–H and O–H groups in total. The van der Waals surface area contributed by atoms with Crippen LogP contribution in [0.3, 0.4) is 0 Å². The van der Waals surface area contributed by atoms with Gasteiger partial charge in [-0.25, -0.2) is 4.79 Å². The van der Waals surface area contributed by atoms with Gasteiger partial charge in [0.1, 0.15) is 0 Å². The van der Waals surface area contributed by atoms with Crippen molar-refractivity contribution in [1.82, 2.24) is 0 Å². The lowest BCUT2D eigenvalue weighted by Crippen LogP contribution is -2.33. The van der Waals surface area contributed by atoms with Crippen LogP contribution in [-0.2, 0) is 20.7 Å². The number of esters is 1. The zero-order valence-electron chi connectivity index (χ0n) is 15.8. The van der Waals surface area contributed by atoms with Gasteiger partial charge in [0.2, 0.25) is 11.8 Å². The fourth-order valence-corrected chi connectivity index (χ4v) is 2.82. The molecule has 2 amide bonds. The van der Waals surface area contributed by atoms with Crippen LogP contribution in [0.15, 0.2) is 48.5 Å². The Hall–Kier alpha value is -3.15. The summed E-state index contributed by atoms with van der Waals surface area (Å²) >= 11 is 0. The number of aryl methyl sites for hydroxylation is 1. The number of methoxy groups -OCH3 is 1. The van der Waals surface area contributed by atoms with Gasteiger partial charge in [-0.1, -0.05) is 37.3 Å². The number of hydrogen-bond donors (Lipinski definition) is 1. The Morgan fingerprint density at radius 3 is 2.37 bits per heavy atom. The van der Waals surface area contributed by atoms with Crippen LogP contribution in [-0.4, -0.2) is 31.4 Å². The van der Waals surface area contributed by atoms with Crippen molar-refractivity contribution in [3.63, 3.8) is 0 Å². The highest BCUT2D eigenvalue weighted by Gasteiger charge is 2.20. The van der Waals surface area contributed by atoms with Gasteiger partial charge in [-0.2, -0.15) is 0 Å².